The summed E-state index contributed by atoms with van der Waals surface area (Å²) < 4.78 is 10.9. The summed E-state index contributed by atoms with van der Waals surface area (Å²) >= 11 is 0. The number of aliphatic hydroxyl groups excluding tert-OH is 1. The monoisotopic (exact) mass is 915 g/mol. The molecular weight excluding hydrogens is 825 g/mol. The van der Waals surface area contributed by atoms with Crippen molar-refractivity contribution in [1.29, 1.82) is 0 Å². The predicted octanol–water partition coefficient (Wildman–Crippen LogP) is 3.93. The van der Waals surface area contributed by atoms with E-state index in [4.69, 9.17) is 14.6 Å². The summed E-state index contributed by atoms with van der Waals surface area (Å²) in [4.78, 5) is 94.4. The number of nitrogens with one attached hydrogen (secondary N) is 2. The van der Waals surface area contributed by atoms with Gasteiger partial charge in [-0.2, -0.15) is 0 Å². The summed E-state index contributed by atoms with van der Waals surface area (Å²) in [5, 5.41) is 12.1. The van der Waals surface area contributed by atoms with Crippen LogP contribution >= 0.6 is 0 Å². The van der Waals surface area contributed by atoms with Crippen molar-refractivity contribution >= 4 is 48.9 Å². The van der Waals surface area contributed by atoms with Crippen LogP contribution in [-0.2, 0) is 47.8 Å². The molecule has 17 heteroatoms. The average molecular weight is 915 g/mol. The molecule has 1 saturated heterocycles. The number of hydrogen-bond donors (Lipinski definition) is 3. The van der Waals surface area contributed by atoms with E-state index in [0.717, 1.165) is 32.5 Å². The van der Waals surface area contributed by atoms with Gasteiger partial charge in [0.15, 0.2) is 0 Å². The number of imide groups is 1. The molecule has 0 saturated carbocycles. The molecule has 2 aliphatic rings. The molecule has 2 aliphatic heterocycles. The maximum atomic E-state index is 12.0. The van der Waals surface area contributed by atoms with Gasteiger partial charge in [0.25, 0.3) is 11.8 Å². The number of ether oxygens (including phenoxy) is 2. The number of amides is 5. The molecule has 0 bridgehead atoms. The fourth-order valence-corrected chi connectivity index (χ4v) is 6.94. The number of carbonyl (C=O) groups excluding carboxylic acids is 8. The molecule has 0 aromatic carbocycles. The third-order valence-corrected chi connectivity index (χ3v) is 10.7. The van der Waals surface area contributed by atoms with E-state index in [1.807, 2.05) is 21.0 Å². The normalized spacial score (nSPS) is 16.8. The number of aliphatic hydroxyl groups is 1. The maximum absolute atomic E-state index is 12.0. The van der Waals surface area contributed by atoms with Crippen molar-refractivity contribution < 1.29 is 52.9 Å². The molecule has 374 valence electrons. The van der Waals surface area contributed by atoms with Crippen LogP contribution in [0.4, 0.5) is 0 Å². The minimum atomic E-state index is -0.390. The van der Waals surface area contributed by atoms with Crippen LogP contribution in [0, 0.1) is 17.8 Å². The summed E-state index contributed by atoms with van der Waals surface area (Å²) in [6.07, 6.45) is 13.1. The second-order valence-electron chi connectivity index (χ2n) is 16.5. The van der Waals surface area contributed by atoms with Gasteiger partial charge in [0.05, 0.1) is 36.9 Å². The minimum absolute atomic E-state index is 0.00995. The van der Waals surface area contributed by atoms with E-state index in [1.54, 1.807) is 40.1 Å². The quantitative estimate of drug-likeness (QED) is 0.0713. The van der Waals surface area contributed by atoms with Gasteiger partial charge in [0.2, 0.25) is 18.2 Å². The van der Waals surface area contributed by atoms with Crippen molar-refractivity contribution in [2.75, 3.05) is 69.2 Å². The Labute approximate surface area is 386 Å². The lowest BCUT2D eigenvalue weighted by Crippen LogP contribution is -2.51. The number of rotatable bonds is 24. The zero-order valence-corrected chi connectivity index (χ0v) is 42.5. The van der Waals surface area contributed by atoms with Crippen molar-refractivity contribution in [1.82, 2.24) is 30.2 Å². The second-order valence-corrected chi connectivity index (χ2v) is 16.5. The smallest absolute Gasteiger partial charge is 0.253 e. The van der Waals surface area contributed by atoms with E-state index >= 15 is 0 Å². The number of likely N-dealkylation sites (tertiary alicyclic amines) is 1. The zero-order chi connectivity index (χ0) is 50.4. The highest BCUT2D eigenvalue weighted by Gasteiger charge is 2.32. The Hall–Kier alpha value is -3.90. The van der Waals surface area contributed by atoms with E-state index in [2.05, 4.69) is 64.1 Å². The van der Waals surface area contributed by atoms with Crippen LogP contribution in [-0.4, -0.2) is 179 Å². The molecule has 7 atom stereocenters. The number of aldehydes is 3. The molecule has 1 fully saturated rings. The van der Waals surface area contributed by atoms with Crippen LogP contribution in [0.15, 0.2) is 12.2 Å². The lowest BCUT2D eigenvalue weighted by atomic mass is 9.91. The number of unbranched alkanes of at least 4 members (excludes halogenated alkanes) is 2. The summed E-state index contributed by atoms with van der Waals surface area (Å²) in [6.45, 7) is 20.2. The first-order valence-electron chi connectivity index (χ1n) is 22.7. The molecule has 64 heavy (non-hydrogen) atoms. The highest BCUT2D eigenvalue weighted by Crippen LogP contribution is 2.24. The van der Waals surface area contributed by atoms with Crippen molar-refractivity contribution in [2.45, 2.75) is 156 Å². The van der Waals surface area contributed by atoms with Gasteiger partial charge in [-0.25, -0.2) is 0 Å². The second kappa shape index (κ2) is 41.8. The molecule has 3 N–H and O–H groups in total. The van der Waals surface area contributed by atoms with Crippen LogP contribution in [0.2, 0.25) is 0 Å². The molecule has 2 rings (SSSR count). The van der Waals surface area contributed by atoms with Gasteiger partial charge in [-0.15, -0.1) is 0 Å². The van der Waals surface area contributed by atoms with Crippen LogP contribution in [0.3, 0.4) is 0 Å². The Morgan fingerprint density at radius 1 is 0.859 bits per heavy atom. The topological polar surface area (TPSA) is 212 Å². The minimum Gasteiger partial charge on any atom is -0.400 e. The van der Waals surface area contributed by atoms with Crippen LogP contribution < -0.4 is 10.6 Å². The first kappa shape index (κ1) is 66.7. The molecule has 5 amide bonds. The zero-order valence-electron chi connectivity index (χ0n) is 42.5. The Morgan fingerprint density at radius 2 is 1.42 bits per heavy atom. The molecule has 6 unspecified atom stereocenters. The fraction of sp³-hybridized carbons (Fsp3) is 0.787. The molecule has 0 aromatic rings. The Balaban J connectivity index is -0.000000383. The van der Waals surface area contributed by atoms with Gasteiger partial charge in [0.1, 0.15) is 18.9 Å². The summed E-state index contributed by atoms with van der Waals surface area (Å²) in [7, 11) is 11.8. The Bertz CT molecular complexity index is 1280. The largest absolute Gasteiger partial charge is 0.400 e. The van der Waals surface area contributed by atoms with Gasteiger partial charge >= 0.3 is 0 Å². The maximum Gasteiger partial charge on any atom is 0.253 e. The van der Waals surface area contributed by atoms with Gasteiger partial charge in [-0.1, -0.05) is 74.7 Å². The highest BCUT2D eigenvalue weighted by atomic mass is 16.5. The summed E-state index contributed by atoms with van der Waals surface area (Å²) in [5.41, 5.74) is 0. The van der Waals surface area contributed by atoms with E-state index in [9.17, 15) is 38.4 Å². The Morgan fingerprint density at radius 3 is 1.78 bits per heavy atom. The number of carbonyl (C=O) groups is 8. The predicted molar refractivity (Wildman–Crippen MR) is 253 cm³/mol. The lowest BCUT2D eigenvalue weighted by molar-refractivity contribution is -0.137. The Kier molecular flexibility index (Phi) is 43.5. The SMILES string of the molecule is CC(C)C(C=O)N(C)C(=O)CCCCCN1C(=O)C=CC1=O.CCC.CCC(C)C(C(CC=O)OC)N(C)C(=O)CNC.CO.COC(C(C)C)C1CCCN1C.C[C@@H](C=O)NC=O. The number of nitrogens with zero attached hydrogens (tertiary/aromatic N) is 4. The van der Waals surface area contributed by atoms with E-state index < -0.39 is 6.04 Å². The summed E-state index contributed by atoms with van der Waals surface area (Å²) in [5.74, 6) is 0.405. The van der Waals surface area contributed by atoms with Crippen molar-refractivity contribution in [2.24, 2.45) is 17.8 Å². The van der Waals surface area contributed by atoms with Crippen LogP contribution in [0.25, 0.3) is 0 Å². The van der Waals surface area contributed by atoms with Gasteiger partial charge in [0, 0.05) is 73.0 Å². The number of hydrogen-bond acceptors (Lipinski definition) is 13. The van der Waals surface area contributed by atoms with E-state index in [1.165, 1.54) is 47.8 Å². The van der Waals surface area contributed by atoms with Gasteiger partial charge in [-0.3, -0.25) is 28.9 Å². The lowest BCUT2D eigenvalue weighted by Gasteiger charge is -2.37. The third kappa shape index (κ3) is 28.1. The van der Waals surface area contributed by atoms with Crippen molar-refractivity contribution in [3.63, 3.8) is 0 Å². The van der Waals surface area contributed by atoms with Crippen LogP contribution in [0.1, 0.15) is 120 Å². The number of methoxy groups -OCH3 is 2. The van der Waals surface area contributed by atoms with Gasteiger partial charge in [-0.05, 0) is 71.0 Å². The van der Waals surface area contributed by atoms with E-state index in [0.29, 0.717) is 69.5 Å². The van der Waals surface area contributed by atoms with Crippen molar-refractivity contribution in [3.05, 3.63) is 12.2 Å². The number of likely N-dealkylation sites (N-methyl/N-ethyl adjacent to an activating group) is 4. The molecular formula is C47H90N6O11. The molecule has 0 spiro atoms. The van der Waals surface area contributed by atoms with Gasteiger partial charge < -0.3 is 54.3 Å². The summed E-state index contributed by atoms with van der Waals surface area (Å²) in [6, 6.07) is -0.169. The first-order chi connectivity index (χ1) is 30.3. The molecule has 0 aromatic heterocycles. The van der Waals surface area contributed by atoms with Crippen LogP contribution in [0.5, 0.6) is 0 Å². The molecule has 0 radical (unpaired) electrons. The van der Waals surface area contributed by atoms with Crippen molar-refractivity contribution in [3.8, 4) is 0 Å². The fourth-order valence-electron chi connectivity index (χ4n) is 6.94. The molecule has 0 aliphatic carbocycles. The first-order valence-corrected chi connectivity index (χ1v) is 22.7. The molecule has 17 nitrogen and oxygen atoms in total. The standard InChI is InChI=1S/C16H24N2O4.C13H26N2O3.C10H21NO.C4H7NO2.C3H8.CH4O/c1-12(2)13(11-19)17(3)14(20)7-5-4-6-10-18-15(21)8-9-16(18)22;1-6-10(2)13(11(18-5)7-8-16)15(4)12(17)9-14-3;1-8(2)10(12-4)9-6-5-7-11(9)3;1-4(2-6)5-3-7;1-3-2;1-2/h8-9,11-13H,4-7,10H2,1-3H3;8,10-11,13-14H,6-7,9H2,1-5H3;8-10H,5-7H2,1-4H3;2-4H,1H3,(H,5,7);3H2,1-2H3;2H,1H3/t;;;4-;;/m...0../s1. The highest BCUT2D eigenvalue weighted by molar-refractivity contribution is 6.12. The third-order valence-electron chi connectivity index (χ3n) is 10.7. The average Bonchev–Trinajstić information content (AvgIpc) is 3.84. The molecule has 2 heterocycles. The van der Waals surface area contributed by atoms with E-state index in [-0.39, 0.29) is 53.7 Å².